The van der Waals surface area contributed by atoms with Crippen LogP contribution in [-0.2, 0) is 14.3 Å². The third-order valence-corrected chi connectivity index (χ3v) is 2.10. The van der Waals surface area contributed by atoms with Gasteiger partial charge in [-0.05, 0) is 19.8 Å². The van der Waals surface area contributed by atoms with Gasteiger partial charge >= 0.3 is 5.97 Å². The Balaban J connectivity index is 3.97. The van der Waals surface area contributed by atoms with Crippen molar-refractivity contribution in [1.29, 1.82) is 0 Å². The molecule has 3 heteroatoms. The number of carbonyl (C=O) groups is 2. The fourth-order valence-electron chi connectivity index (χ4n) is 1.09. The Kier molecular flexibility index (Phi) is 5.35. The predicted octanol–water partition coefficient (Wildman–Crippen LogP) is 1.94. The second-order valence-electron chi connectivity index (χ2n) is 3.39. The summed E-state index contributed by atoms with van der Waals surface area (Å²) in [6.07, 6.45) is 1.28. The van der Waals surface area contributed by atoms with E-state index in [2.05, 4.69) is 0 Å². The van der Waals surface area contributed by atoms with E-state index >= 15 is 0 Å². The van der Waals surface area contributed by atoms with Crippen LogP contribution in [0.3, 0.4) is 0 Å². The number of hydrogen-bond donors (Lipinski definition) is 0. The lowest BCUT2D eigenvalue weighted by Crippen LogP contribution is -2.21. The molecule has 0 aromatic carbocycles. The first-order valence-corrected chi connectivity index (χ1v) is 4.65. The van der Waals surface area contributed by atoms with E-state index in [0.717, 1.165) is 6.42 Å². The summed E-state index contributed by atoms with van der Waals surface area (Å²) in [5.41, 5.74) is 0. The molecule has 2 atom stereocenters. The number of rotatable bonds is 5. The summed E-state index contributed by atoms with van der Waals surface area (Å²) in [7, 11) is 0. The van der Waals surface area contributed by atoms with Crippen LogP contribution in [-0.4, -0.2) is 17.9 Å². The maximum absolute atomic E-state index is 10.9. The molecule has 1 unspecified atom stereocenters. The molecule has 0 spiro atoms. The molecule has 0 saturated heterocycles. The fraction of sp³-hybridized carbons (Fsp3) is 0.800. The maximum atomic E-state index is 10.9. The molecule has 0 N–H and O–H groups in total. The molecule has 0 heterocycles. The number of ketones is 1. The Hall–Kier alpha value is -0.860. The van der Waals surface area contributed by atoms with Crippen LogP contribution < -0.4 is 0 Å². The molecule has 0 aromatic heterocycles. The van der Waals surface area contributed by atoms with Crippen LogP contribution in [0.15, 0.2) is 0 Å². The molecule has 0 bridgehead atoms. The number of ether oxygens (including phenoxy) is 1. The summed E-state index contributed by atoms with van der Waals surface area (Å²) < 4.78 is 5.03. The maximum Gasteiger partial charge on any atom is 0.302 e. The molecule has 0 rings (SSSR count). The molecule has 0 aliphatic heterocycles. The average Bonchev–Trinajstić information content (AvgIpc) is 2.02. The standard InChI is InChI=1S/C10H18O3/c1-5-10(13-9(4)12)6-7(2)8(3)11/h7,10H,5-6H2,1-4H3/t7?,10-/m1/s1. The van der Waals surface area contributed by atoms with Gasteiger partial charge in [0, 0.05) is 12.8 Å². The highest BCUT2D eigenvalue weighted by molar-refractivity contribution is 5.77. The number of hydrogen-bond acceptors (Lipinski definition) is 3. The van der Waals surface area contributed by atoms with Crippen LogP contribution in [0.5, 0.6) is 0 Å². The Morgan fingerprint density at radius 2 is 1.85 bits per heavy atom. The van der Waals surface area contributed by atoms with E-state index in [-0.39, 0.29) is 23.8 Å². The smallest absolute Gasteiger partial charge is 0.302 e. The van der Waals surface area contributed by atoms with E-state index in [1.54, 1.807) is 6.92 Å². The van der Waals surface area contributed by atoms with Crippen LogP contribution in [0.2, 0.25) is 0 Å². The Bertz CT molecular complexity index is 187. The van der Waals surface area contributed by atoms with Gasteiger partial charge in [-0.25, -0.2) is 0 Å². The van der Waals surface area contributed by atoms with Crippen molar-refractivity contribution in [3.63, 3.8) is 0 Å². The zero-order valence-electron chi connectivity index (χ0n) is 8.79. The first-order valence-electron chi connectivity index (χ1n) is 4.65. The zero-order chi connectivity index (χ0) is 10.4. The minimum Gasteiger partial charge on any atom is -0.463 e. The largest absolute Gasteiger partial charge is 0.463 e. The van der Waals surface area contributed by atoms with Crippen molar-refractivity contribution in [3.05, 3.63) is 0 Å². The molecule has 0 aliphatic rings. The molecule has 0 aromatic rings. The van der Waals surface area contributed by atoms with Crippen molar-refractivity contribution in [2.24, 2.45) is 5.92 Å². The minimum absolute atomic E-state index is 0.0238. The first-order chi connectivity index (χ1) is 5.97. The van der Waals surface area contributed by atoms with Crippen molar-refractivity contribution in [3.8, 4) is 0 Å². The van der Waals surface area contributed by atoms with Crippen molar-refractivity contribution in [2.75, 3.05) is 0 Å². The summed E-state index contributed by atoms with van der Waals surface area (Å²) >= 11 is 0. The number of esters is 1. The molecule has 0 radical (unpaired) electrons. The van der Waals surface area contributed by atoms with Crippen molar-refractivity contribution < 1.29 is 14.3 Å². The fourth-order valence-corrected chi connectivity index (χ4v) is 1.09. The second kappa shape index (κ2) is 5.73. The van der Waals surface area contributed by atoms with E-state index in [1.807, 2.05) is 13.8 Å². The lowest BCUT2D eigenvalue weighted by Gasteiger charge is -2.17. The van der Waals surface area contributed by atoms with Gasteiger partial charge in [0.25, 0.3) is 0 Å². The van der Waals surface area contributed by atoms with Gasteiger partial charge in [0.2, 0.25) is 0 Å². The average molecular weight is 186 g/mol. The SMILES string of the molecule is CC[C@H](CC(C)C(C)=O)OC(C)=O. The molecule has 76 valence electrons. The van der Waals surface area contributed by atoms with Gasteiger partial charge < -0.3 is 4.74 Å². The van der Waals surface area contributed by atoms with E-state index in [9.17, 15) is 9.59 Å². The molecule has 0 amide bonds. The van der Waals surface area contributed by atoms with E-state index in [1.165, 1.54) is 6.92 Å². The van der Waals surface area contributed by atoms with Gasteiger partial charge in [0.1, 0.15) is 11.9 Å². The topological polar surface area (TPSA) is 43.4 Å². The van der Waals surface area contributed by atoms with E-state index in [4.69, 9.17) is 4.74 Å². The molecular weight excluding hydrogens is 168 g/mol. The molecule has 0 fully saturated rings. The van der Waals surface area contributed by atoms with Gasteiger partial charge in [-0.1, -0.05) is 13.8 Å². The van der Waals surface area contributed by atoms with Gasteiger partial charge in [0.05, 0.1) is 0 Å². The quantitative estimate of drug-likeness (QED) is 0.616. The van der Waals surface area contributed by atoms with Crippen LogP contribution in [0.4, 0.5) is 0 Å². The van der Waals surface area contributed by atoms with Crippen molar-refractivity contribution >= 4 is 11.8 Å². The highest BCUT2D eigenvalue weighted by atomic mass is 16.5. The van der Waals surface area contributed by atoms with E-state index < -0.39 is 0 Å². The van der Waals surface area contributed by atoms with E-state index in [0.29, 0.717) is 6.42 Å². The van der Waals surface area contributed by atoms with Crippen LogP contribution in [0.25, 0.3) is 0 Å². The molecule has 13 heavy (non-hydrogen) atoms. The lowest BCUT2D eigenvalue weighted by atomic mass is 9.99. The predicted molar refractivity (Wildman–Crippen MR) is 50.3 cm³/mol. The zero-order valence-corrected chi connectivity index (χ0v) is 8.79. The van der Waals surface area contributed by atoms with Crippen LogP contribution in [0, 0.1) is 5.92 Å². The van der Waals surface area contributed by atoms with Crippen LogP contribution in [0.1, 0.15) is 40.5 Å². The molecule has 0 saturated carbocycles. The van der Waals surface area contributed by atoms with Gasteiger partial charge in [-0.15, -0.1) is 0 Å². The summed E-state index contributed by atoms with van der Waals surface area (Å²) in [5.74, 6) is -0.155. The highest BCUT2D eigenvalue weighted by Crippen LogP contribution is 2.13. The van der Waals surface area contributed by atoms with Crippen molar-refractivity contribution in [1.82, 2.24) is 0 Å². The molecule has 3 nitrogen and oxygen atoms in total. The number of carbonyl (C=O) groups excluding carboxylic acids is 2. The Morgan fingerprint density at radius 3 is 2.15 bits per heavy atom. The van der Waals surface area contributed by atoms with Gasteiger partial charge in [0.15, 0.2) is 0 Å². The monoisotopic (exact) mass is 186 g/mol. The van der Waals surface area contributed by atoms with Gasteiger partial charge in [-0.2, -0.15) is 0 Å². The Labute approximate surface area is 79.5 Å². The number of Topliss-reactive ketones (excluding diaryl/α,β-unsaturated/α-hetero) is 1. The normalized spacial score (nSPS) is 14.8. The third-order valence-electron chi connectivity index (χ3n) is 2.10. The highest BCUT2D eigenvalue weighted by Gasteiger charge is 2.16. The minimum atomic E-state index is -0.275. The first kappa shape index (κ1) is 12.1. The second-order valence-corrected chi connectivity index (χ2v) is 3.39. The molecule has 0 aliphatic carbocycles. The summed E-state index contributed by atoms with van der Waals surface area (Å²) in [4.78, 5) is 21.6. The lowest BCUT2D eigenvalue weighted by molar-refractivity contribution is -0.148. The Morgan fingerprint density at radius 1 is 1.31 bits per heavy atom. The van der Waals surface area contributed by atoms with Gasteiger partial charge in [-0.3, -0.25) is 9.59 Å². The van der Waals surface area contributed by atoms with Crippen LogP contribution >= 0.6 is 0 Å². The molecular formula is C10H18O3. The summed E-state index contributed by atoms with van der Waals surface area (Å²) in [5, 5.41) is 0. The summed E-state index contributed by atoms with van der Waals surface area (Å²) in [6, 6.07) is 0. The third kappa shape index (κ3) is 5.39. The van der Waals surface area contributed by atoms with Crippen molar-refractivity contribution in [2.45, 2.75) is 46.6 Å². The summed E-state index contributed by atoms with van der Waals surface area (Å²) in [6.45, 7) is 6.75.